The molecule has 0 aliphatic rings. The predicted molar refractivity (Wildman–Crippen MR) is 65.8 cm³/mol. The van der Waals surface area contributed by atoms with Gasteiger partial charge in [-0.25, -0.2) is 4.98 Å². The van der Waals surface area contributed by atoms with E-state index in [0.29, 0.717) is 13.2 Å². The van der Waals surface area contributed by atoms with E-state index in [-0.39, 0.29) is 0 Å². The molecule has 0 bridgehead atoms. The Labute approximate surface area is 97.2 Å². The third-order valence-electron chi connectivity index (χ3n) is 2.48. The van der Waals surface area contributed by atoms with Gasteiger partial charge in [0, 0.05) is 39.5 Å². The first-order valence-corrected chi connectivity index (χ1v) is 5.70. The summed E-state index contributed by atoms with van der Waals surface area (Å²) >= 11 is 0. The van der Waals surface area contributed by atoms with Crippen LogP contribution >= 0.6 is 0 Å². The number of hydrogen-bond donors (Lipinski definition) is 1. The monoisotopic (exact) mass is 226 g/mol. The van der Waals surface area contributed by atoms with Crippen LogP contribution < -0.4 is 10.6 Å². The smallest absolute Gasteiger partial charge is 0.205 e. The van der Waals surface area contributed by atoms with Crippen LogP contribution in [0.25, 0.3) is 0 Å². The molecule has 0 fully saturated rings. The molecule has 2 N–H and O–H groups in total. The molecule has 0 unspecified atom stereocenters. The summed E-state index contributed by atoms with van der Waals surface area (Å²) in [6.07, 6.45) is 2.05. The Morgan fingerprint density at radius 1 is 1.56 bits per heavy atom. The summed E-state index contributed by atoms with van der Waals surface area (Å²) in [5, 5.41) is 0. The fourth-order valence-corrected chi connectivity index (χ4v) is 1.70. The fraction of sp³-hybridized carbons (Fsp3) is 0.727. The molecule has 0 aliphatic heterocycles. The molecule has 92 valence electrons. The Morgan fingerprint density at radius 3 is 2.88 bits per heavy atom. The van der Waals surface area contributed by atoms with E-state index in [9.17, 15) is 0 Å². The number of aryl methyl sites for hydroxylation is 1. The van der Waals surface area contributed by atoms with Crippen LogP contribution in [0.5, 0.6) is 0 Å². The van der Waals surface area contributed by atoms with Crippen LogP contribution in [0.15, 0.2) is 6.20 Å². The number of rotatable bonds is 7. The third-order valence-corrected chi connectivity index (χ3v) is 2.48. The highest BCUT2D eigenvalue weighted by molar-refractivity contribution is 5.33. The maximum absolute atomic E-state index is 5.60. The summed E-state index contributed by atoms with van der Waals surface area (Å²) in [6.45, 7) is 8.03. The van der Waals surface area contributed by atoms with E-state index in [2.05, 4.69) is 21.4 Å². The van der Waals surface area contributed by atoms with E-state index < -0.39 is 0 Å². The average molecular weight is 226 g/mol. The van der Waals surface area contributed by atoms with Gasteiger partial charge in [-0.05, 0) is 13.8 Å². The predicted octanol–water partition coefficient (Wildman–Crippen LogP) is 0.623. The molecule has 0 amide bonds. The Balaban J connectivity index is 2.82. The van der Waals surface area contributed by atoms with Crippen LogP contribution in [0.4, 0.5) is 5.95 Å². The molecule has 1 rings (SSSR count). The van der Waals surface area contributed by atoms with E-state index in [0.717, 1.165) is 31.3 Å². The first-order chi connectivity index (χ1) is 7.72. The molecule has 0 aromatic carbocycles. The minimum Gasteiger partial charge on any atom is -0.383 e. The van der Waals surface area contributed by atoms with Crippen LogP contribution in [-0.4, -0.2) is 42.9 Å². The van der Waals surface area contributed by atoms with Gasteiger partial charge in [0.2, 0.25) is 5.95 Å². The molecule has 1 aromatic heterocycles. The van der Waals surface area contributed by atoms with Crippen molar-refractivity contribution in [3.63, 3.8) is 0 Å². The molecule has 0 saturated carbocycles. The second-order valence-corrected chi connectivity index (χ2v) is 3.74. The Hall–Kier alpha value is -1.07. The molecular weight excluding hydrogens is 204 g/mol. The maximum atomic E-state index is 5.60. The number of methoxy groups -OCH3 is 1. The van der Waals surface area contributed by atoms with Crippen LogP contribution in [-0.2, 0) is 11.3 Å². The highest BCUT2D eigenvalue weighted by Crippen LogP contribution is 2.13. The van der Waals surface area contributed by atoms with Gasteiger partial charge in [-0.2, -0.15) is 0 Å². The fourth-order valence-electron chi connectivity index (χ4n) is 1.70. The van der Waals surface area contributed by atoms with E-state index in [1.807, 2.05) is 13.1 Å². The van der Waals surface area contributed by atoms with Crippen molar-refractivity contribution in [2.75, 3.05) is 38.3 Å². The van der Waals surface area contributed by atoms with Crippen molar-refractivity contribution in [2.24, 2.45) is 5.73 Å². The van der Waals surface area contributed by atoms with Crippen LogP contribution in [0, 0.1) is 6.92 Å². The number of imidazole rings is 1. The molecule has 0 spiro atoms. The van der Waals surface area contributed by atoms with E-state index >= 15 is 0 Å². The second-order valence-electron chi connectivity index (χ2n) is 3.74. The summed E-state index contributed by atoms with van der Waals surface area (Å²) in [4.78, 5) is 6.71. The summed E-state index contributed by atoms with van der Waals surface area (Å²) in [6, 6.07) is 0. The number of nitrogens with zero attached hydrogens (tertiary/aromatic N) is 3. The lowest BCUT2D eigenvalue weighted by molar-refractivity contribution is 0.187. The van der Waals surface area contributed by atoms with E-state index in [1.54, 1.807) is 7.11 Å². The lowest BCUT2D eigenvalue weighted by atomic mass is 10.5. The standard InChI is InChI=1S/C11H22N4O/c1-4-14(6-5-12)11-13-10(2)9-15(11)7-8-16-3/h9H,4-8,12H2,1-3H3. The molecular formula is C11H22N4O. The SMILES string of the molecule is CCN(CCN)c1nc(C)cn1CCOC. The Kier molecular flexibility index (Phi) is 5.28. The largest absolute Gasteiger partial charge is 0.383 e. The number of nitrogens with two attached hydrogens (primary N) is 1. The van der Waals surface area contributed by atoms with Crippen LogP contribution in [0.1, 0.15) is 12.6 Å². The van der Waals surface area contributed by atoms with Crippen LogP contribution in [0.3, 0.4) is 0 Å². The molecule has 5 heteroatoms. The minimum absolute atomic E-state index is 0.643. The molecule has 0 saturated heterocycles. The highest BCUT2D eigenvalue weighted by Gasteiger charge is 2.11. The zero-order chi connectivity index (χ0) is 12.0. The van der Waals surface area contributed by atoms with Crippen molar-refractivity contribution >= 4 is 5.95 Å². The summed E-state index contributed by atoms with van der Waals surface area (Å²) < 4.78 is 7.21. The summed E-state index contributed by atoms with van der Waals surface area (Å²) in [5.41, 5.74) is 6.63. The van der Waals surface area contributed by atoms with Gasteiger partial charge in [-0.15, -0.1) is 0 Å². The second kappa shape index (κ2) is 6.50. The molecule has 1 aromatic rings. The van der Waals surface area contributed by atoms with Gasteiger partial charge in [-0.1, -0.05) is 0 Å². The quantitative estimate of drug-likeness (QED) is 0.740. The van der Waals surface area contributed by atoms with Gasteiger partial charge >= 0.3 is 0 Å². The zero-order valence-corrected chi connectivity index (χ0v) is 10.4. The van der Waals surface area contributed by atoms with Gasteiger partial charge in [0.25, 0.3) is 0 Å². The molecule has 0 atom stereocenters. The first kappa shape index (κ1) is 13.0. The van der Waals surface area contributed by atoms with Crippen molar-refractivity contribution in [1.29, 1.82) is 0 Å². The Bertz CT molecular complexity index is 311. The number of anilines is 1. The number of likely N-dealkylation sites (N-methyl/N-ethyl adjacent to an activating group) is 1. The summed E-state index contributed by atoms with van der Waals surface area (Å²) in [7, 11) is 1.71. The maximum Gasteiger partial charge on any atom is 0.205 e. The zero-order valence-electron chi connectivity index (χ0n) is 10.4. The lowest BCUT2D eigenvalue weighted by Gasteiger charge is -2.22. The number of hydrogen-bond acceptors (Lipinski definition) is 4. The number of aromatic nitrogens is 2. The molecule has 1 heterocycles. The Morgan fingerprint density at radius 2 is 2.31 bits per heavy atom. The summed E-state index contributed by atoms with van der Waals surface area (Å²) in [5.74, 6) is 0.988. The molecule has 5 nitrogen and oxygen atoms in total. The number of ether oxygens (including phenoxy) is 1. The normalized spacial score (nSPS) is 10.8. The third kappa shape index (κ3) is 3.21. The topological polar surface area (TPSA) is 56.3 Å². The van der Waals surface area contributed by atoms with Crippen molar-refractivity contribution in [1.82, 2.24) is 9.55 Å². The van der Waals surface area contributed by atoms with E-state index in [1.165, 1.54) is 0 Å². The van der Waals surface area contributed by atoms with E-state index in [4.69, 9.17) is 10.5 Å². The highest BCUT2D eigenvalue weighted by atomic mass is 16.5. The minimum atomic E-state index is 0.643. The van der Waals surface area contributed by atoms with Gasteiger partial charge in [0.1, 0.15) is 0 Å². The van der Waals surface area contributed by atoms with Gasteiger partial charge in [-0.3, -0.25) is 0 Å². The van der Waals surface area contributed by atoms with Crippen LogP contribution in [0.2, 0.25) is 0 Å². The molecule has 16 heavy (non-hydrogen) atoms. The average Bonchev–Trinajstić information content (AvgIpc) is 2.64. The van der Waals surface area contributed by atoms with Crippen molar-refractivity contribution < 1.29 is 4.74 Å². The molecule has 0 aliphatic carbocycles. The first-order valence-electron chi connectivity index (χ1n) is 5.70. The van der Waals surface area contributed by atoms with Gasteiger partial charge in [0.05, 0.1) is 12.3 Å². The van der Waals surface area contributed by atoms with Gasteiger partial charge in [0.15, 0.2) is 0 Å². The lowest BCUT2D eigenvalue weighted by Crippen LogP contribution is -2.31. The van der Waals surface area contributed by atoms with Gasteiger partial charge < -0.3 is 19.9 Å². The molecule has 0 radical (unpaired) electrons. The van der Waals surface area contributed by atoms with Crippen molar-refractivity contribution in [2.45, 2.75) is 20.4 Å². The van der Waals surface area contributed by atoms with Crippen molar-refractivity contribution in [3.8, 4) is 0 Å². The van der Waals surface area contributed by atoms with Crippen molar-refractivity contribution in [3.05, 3.63) is 11.9 Å².